The summed E-state index contributed by atoms with van der Waals surface area (Å²) < 4.78 is 28.3. The number of nitrogens with one attached hydrogen (secondary N) is 2. The number of hydrazone groups is 1. The summed E-state index contributed by atoms with van der Waals surface area (Å²) >= 11 is 3.35. The standard InChI is InChI=1S/C24H23BrN4O4S/c1-17(19-11-13-21(14-12-19)26-18(2)30)27-28-24(31)16-29(22-8-6-7-20(25)15-22)34(32,33)23-9-4-3-5-10-23/h3-15H,16H2,1-2H3,(H,26,30)(H,28,31)/b27-17-. The van der Waals surface area contributed by atoms with E-state index >= 15 is 0 Å². The summed E-state index contributed by atoms with van der Waals surface area (Å²) in [5.41, 5.74) is 4.65. The van der Waals surface area contributed by atoms with Crippen LogP contribution < -0.4 is 15.0 Å². The van der Waals surface area contributed by atoms with Gasteiger partial charge < -0.3 is 5.32 Å². The van der Waals surface area contributed by atoms with Crippen LogP contribution in [-0.2, 0) is 19.6 Å². The van der Waals surface area contributed by atoms with E-state index in [4.69, 9.17) is 0 Å². The number of halogens is 1. The van der Waals surface area contributed by atoms with E-state index in [1.807, 2.05) is 0 Å². The van der Waals surface area contributed by atoms with E-state index < -0.39 is 22.5 Å². The minimum Gasteiger partial charge on any atom is -0.326 e. The van der Waals surface area contributed by atoms with Gasteiger partial charge in [-0.05, 0) is 55.0 Å². The number of nitrogens with zero attached hydrogens (tertiary/aromatic N) is 2. The molecule has 176 valence electrons. The highest BCUT2D eigenvalue weighted by Gasteiger charge is 2.27. The number of hydrogen-bond acceptors (Lipinski definition) is 5. The molecule has 0 fully saturated rings. The van der Waals surface area contributed by atoms with Crippen molar-refractivity contribution in [1.82, 2.24) is 5.43 Å². The highest BCUT2D eigenvalue weighted by atomic mass is 79.9. The zero-order valence-corrected chi connectivity index (χ0v) is 20.9. The maximum atomic E-state index is 13.3. The van der Waals surface area contributed by atoms with Gasteiger partial charge in [0.25, 0.3) is 15.9 Å². The Labute approximate surface area is 206 Å². The Bertz CT molecular complexity index is 1310. The maximum absolute atomic E-state index is 13.3. The molecule has 8 nitrogen and oxygen atoms in total. The Morgan fingerprint density at radius 2 is 1.62 bits per heavy atom. The van der Waals surface area contributed by atoms with E-state index in [1.54, 1.807) is 73.7 Å². The fraction of sp³-hybridized carbons (Fsp3) is 0.125. The molecule has 34 heavy (non-hydrogen) atoms. The lowest BCUT2D eigenvalue weighted by Crippen LogP contribution is -2.39. The van der Waals surface area contributed by atoms with Crippen molar-refractivity contribution in [3.63, 3.8) is 0 Å². The van der Waals surface area contributed by atoms with Gasteiger partial charge in [0, 0.05) is 17.1 Å². The molecule has 0 aliphatic carbocycles. The van der Waals surface area contributed by atoms with E-state index in [2.05, 4.69) is 31.8 Å². The van der Waals surface area contributed by atoms with E-state index in [0.717, 1.165) is 9.87 Å². The van der Waals surface area contributed by atoms with Gasteiger partial charge in [0.05, 0.1) is 16.3 Å². The average Bonchev–Trinajstić information content (AvgIpc) is 2.81. The Morgan fingerprint density at radius 3 is 2.24 bits per heavy atom. The van der Waals surface area contributed by atoms with Crippen LogP contribution in [0.3, 0.4) is 0 Å². The molecule has 2 amide bonds. The maximum Gasteiger partial charge on any atom is 0.264 e. The molecule has 0 aliphatic rings. The number of amides is 2. The minimum absolute atomic E-state index is 0.0710. The monoisotopic (exact) mass is 542 g/mol. The van der Waals surface area contributed by atoms with Crippen molar-refractivity contribution in [2.24, 2.45) is 5.10 Å². The summed E-state index contributed by atoms with van der Waals surface area (Å²) in [4.78, 5) is 23.9. The highest BCUT2D eigenvalue weighted by molar-refractivity contribution is 9.10. The van der Waals surface area contributed by atoms with Crippen LogP contribution >= 0.6 is 15.9 Å². The molecule has 0 saturated heterocycles. The van der Waals surface area contributed by atoms with Gasteiger partial charge in [0.1, 0.15) is 6.54 Å². The second-order valence-electron chi connectivity index (χ2n) is 7.30. The number of hydrogen-bond donors (Lipinski definition) is 2. The summed E-state index contributed by atoms with van der Waals surface area (Å²) in [7, 11) is -4.00. The van der Waals surface area contributed by atoms with Gasteiger partial charge in [-0.1, -0.05) is 52.3 Å². The molecule has 0 bridgehead atoms. The molecule has 2 N–H and O–H groups in total. The van der Waals surface area contributed by atoms with Crippen molar-refractivity contribution >= 4 is 54.9 Å². The van der Waals surface area contributed by atoms with E-state index in [0.29, 0.717) is 21.6 Å². The predicted octanol–water partition coefficient (Wildman–Crippen LogP) is 4.14. The van der Waals surface area contributed by atoms with Crippen molar-refractivity contribution < 1.29 is 18.0 Å². The molecule has 0 aliphatic heterocycles. The predicted molar refractivity (Wildman–Crippen MR) is 136 cm³/mol. The van der Waals surface area contributed by atoms with Crippen molar-refractivity contribution in [2.45, 2.75) is 18.7 Å². The minimum atomic E-state index is -4.00. The molecule has 10 heteroatoms. The number of carbonyl (C=O) groups excluding carboxylic acids is 2. The molecule has 3 aromatic rings. The fourth-order valence-corrected chi connectivity index (χ4v) is 4.86. The molecule has 3 rings (SSSR count). The van der Waals surface area contributed by atoms with Gasteiger partial charge in [0.15, 0.2) is 0 Å². The first-order valence-corrected chi connectivity index (χ1v) is 12.4. The van der Waals surface area contributed by atoms with Crippen LogP contribution in [0.1, 0.15) is 19.4 Å². The van der Waals surface area contributed by atoms with Crippen LogP contribution in [0.15, 0.2) is 93.3 Å². The van der Waals surface area contributed by atoms with Crippen LogP contribution in [0.25, 0.3) is 0 Å². The SMILES string of the molecule is CC(=O)Nc1ccc(/C(C)=N\NC(=O)CN(c2cccc(Br)c2)S(=O)(=O)c2ccccc2)cc1. The van der Waals surface area contributed by atoms with E-state index in [9.17, 15) is 18.0 Å². The topological polar surface area (TPSA) is 108 Å². The Kier molecular flexibility index (Phi) is 8.19. The molecular weight excluding hydrogens is 520 g/mol. The Balaban J connectivity index is 1.80. The molecule has 0 radical (unpaired) electrons. The summed E-state index contributed by atoms with van der Waals surface area (Å²) in [6, 6.07) is 21.6. The van der Waals surface area contributed by atoms with Gasteiger partial charge in [-0.3, -0.25) is 13.9 Å². The highest BCUT2D eigenvalue weighted by Crippen LogP contribution is 2.26. The van der Waals surface area contributed by atoms with E-state index in [1.165, 1.54) is 19.1 Å². The third-order valence-corrected chi connectivity index (χ3v) is 6.97. The Morgan fingerprint density at radius 1 is 0.941 bits per heavy atom. The average molecular weight is 543 g/mol. The van der Waals surface area contributed by atoms with E-state index in [-0.39, 0.29) is 10.8 Å². The molecule has 0 spiro atoms. The van der Waals surface area contributed by atoms with Crippen molar-refractivity contribution in [3.05, 3.63) is 88.9 Å². The molecule has 0 atom stereocenters. The number of benzene rings is 3. The zero-order valence-electron chi connectivity index (χ0n) is 18.5. The smallest absolute Gasteiger partial charge is 0.264 e. The Hall–Kier alpha value is -3.50. The van der Waals surface area contributed by atoms with Crippen molar-refractivity contribution in [3.8, 4) is 0 Å². The fourth-order valence-electron chi connectivity index (χ4n) is 3.04. The van der Waals surface area contributed by atoms with Gasteiger partial charge >= 0.3 is 0 Å². The lowest BCUT2D eigenvalue weighted by atomic mass is 10.1. The summed E-state index contributed by atoms with van der Waals surface area (Å²) in [6.07, 6.45) is 0. The first-order chi connectivity index (χ1) is 16.2. The van der Waals surface area contributed by atoms with Crippen LogP contribution in [0.2, 0.25) is 0 Å². The second kappa shape index (κ2) is 11.1. The summed E-state index contributed by atoms with van der Waals surface area (Å²) in [5, 5.41) is 6.78. The normalized spacial score (nSPS) is 11.6. The zero-order chi connectivity index (χ0) is 24.7. The molecule has 0 heterocycles. The molecule has 0 aromatic heterocycles. The molecule has 0 unspecified atom stereocenters. The molecule has 0 saturated carbocycles. The van der Waals surface area contributed by atoms with Crippen molar-refractivity contribution in [2.75, 3.05) is 16.2 Å². The largest absolute Gasteiger partial charge is 0.326 e. The third kappa shape index (κ3) is 6.52. The van der Waals surface area contributed by atoms with Crippen LogP contribution in [0.4, 0.5) is 11.4 Å². The van der Waals surface area contributed by atoms with Gasteiger partial charge in [-0.25, -0.2) is 13.8 Å². The first-order valence-electron chi connectivity index (χ1n) is 10.2. The lowest BCUT2D eigenvalue weighted by molar-refractivity contribution is -0.119. The van der Waals surface area contributed by atoms with Gasteiger partial charge in [-0.15, -0.1) is 0 Å². The van der Waals surface area contributed by atoms with Gasteiger partial charge in [0.2, 0.25) is 5.91 Å². The quantitative estimate of drug-likeness (QED) is 0.329. The van der Waals surface area contributed by atoms with Crippen molar-refractivity contribution in [1.29, 1.82) is 0 Å². The van der Waals surface area contributed by atoms with Crippen LogP contribution in [0, 0.1) is 0 Å². The molecular formula is C24H23BrN4O4S. The van der Waals surface area contributed by atoms with Crippen LogP contribution in [0.5, 0.6) is 0 Å². The van der Waals surface area contributed by atoms with Crippen LogP contribution in [-0.4, -0.2) is 32.5 Å². The third-order valence-electron chi connectivity index (χ3n) is 4.69. The molecule has 3 aromatic carbocycles. The first kappa shape index (κ1) is 25.1. The second-order valence-corrected chi connectivity index (χ2v) is 10.1. The number of rotatable bonds is 8. The van der Waals surface area contributed by atoms with Gasteiger partial charge in [-0.2, -0.15) is 5.10 Å². The summed E-state index contributed by atoms with van der Waals surface area (Å²) in [6.45, 7) is 2.66. The number of carbonyl (C=O) groups is 2. The summed E-state index contributed by atoms with van der Waals surface area (Å²) in [5.74, 6) is -0.778. The lowest BCUT2D eigenvalue weighted by Gasteiger charge is -2.24. The number of sulfonamides is 1. The number of anilines is 2.